The Morgan fingerprint density at radius 1 is 1.22 bits per heavy atom. The third-order valence-corrected chi connectivity index (χ3v) is 4.20. The Morgan fingerprint density at radius 3 is 3.00 bits per heavy atom. The summed E-state index contributed by atoms with van der Waals surface area (Å²) in [6.45, 7) is 3.79. The highest BCUT2D eigenvalue weighted by Crippen LogP contribution is 2.24. The van der Waals surface area contributed by atoms with Gasteiger partial charge in [-0.3, -0.25) is 4.98 Å². The molecule has 1 fully saturated rings. The lowest BCUT2D eigenvalue weighted by molar-refractivity contribution is 0.369. The predicted molar refractivity (Wildman–Crippen MR) is 85.0 cm³/mol. The molecule has 1 atom stereocenters. The molecule has 0 spiro atoms. The molecule has 7 heteroatoms. The van der Waals surface area contributed by atoms with Gasteiger partial charge in [0.1, 0.15) is 11.3 Å². The van der Waals surface area contributed by atoms with Crippen molar-refractivity contribution < 1.29 is 4.52 Å². The number of aryl methyl sites for hydroxylation is 1. The first-order chi connectivity index (χ1) is 11.3. The molecular formula is C16H18N6O. The quantitative estimate of drug-likeness (QED) is 0.733. The minimum Gasteiger partial charge on any atom is -0.356 e. The summed E-state index contributed by atoms with van der Waals surface area (Å²) < 4.78 is 5.06. The highest BCUT2D eigenvalue weighted by Gasteiger charge is 2.23. The smallest absolute Gasteiger partial charge is 0.223 e. The highest BCUT2D eigenvalue weighted by molar-refractivity contribution is 5.71. The molecule has 0 bridgehead atoms. The first kappa shape index (κ1) is 14.0. The second-order valence-corrected chi connectivity index (χ2v) is 5.96. The predicted octanol–water partition coefficient (Wildman–Crippen LogP) is 2.18. The number of piperidine rings is 1. The number of fused-ring (bicyclic) bond motifs is 1. The molecule has 0 saturated carbocycles. The van der Waals surface area contributed by atoms with Gasteiger partial charge < -0.3 is 9.42 Å². The molecule has 7 nitrogen and oxygen atoms in total. The van der Waals surface area contributed by atoms with Crippen molar-refractivity contribution in [3.63, 3.8) is 0 Å². The molecule has 1 unspecified atom stereocenters. The highest BCUT2D eigenvalue weighted by atomic mass is 16.5. The van der Waals surface area contributed by atoms with Crippen molar-refractivity contribution in [3.05, 3.63) is 36.2 Å². The van der Waals surface area contributed by atoms with Gasteiger partial charge in [0.2, 0.25) is 5.89 Å². The largest absolute Gasteiger partial charge is 0.356 e. The summed E-state index contributed by atoms with van der Waals surface area (Å²) in [6.07, 6.45) is 6.53. The van der Waals surface area contributed by atoms with Crippen LogP contribution in [-0.4, -0.2) is 38.2 Å². The van der Waals surface area contributed by atoms with E-state index in [9.17, 15) is 0 Å². The van der Waals surface area contributed by atoms with Crippen molar-refractivity contribution in [1.82, 2.24) is 25.1 Å². The van der Waals surface area contributed by atoms with Gasteiger partial charge in [0, 0.05) is 38.8 Å². The summed E-state index contributed by atoms with van der Waals surface area (Å²) in [4.78, 5) is 19.8. The Morgan fingerprint density at radius 2 is 2.13 bits per heavy atom. The van der Waals surface area contributed by atoms with Gasteiger partial charge in [-0.05, 0) is 30.9 Å². The lowest BCUT2D eigenvalue weighted by Crippen LogP contribution is -2.36. The summed E-state index contributed by atoms with van der Waals surface area (Å²) in [5.41, 5.74) is 1.52. The summed E-state index contributed by atoms with van der Waals surface area (Å²) >= 11 is 0. The van der Waals surface area contributed by atoms with Crippen LogP contribution < -0.4 is 4.90 Å². The van der Waals surface area contributed by atoms with Crippen LogP contribution in [0.5, 0.6) is 0 Å². The summed E-state index contributed by atoms with van der Waals surface area (Å²) in [6, 6.07) is 4.01. The van der Waals surface area contributed by atoms with Gasteiger partial charge in [-0.15, -0.1) is 0 Å². The molecule has 1 aliphatic heterocycles. The lowest BCUT2D eigenvalue weighted by atomic mass is 9.94. The van der Waals surface area contributed by atoms with Gasteiger partial charge in [0.15, 0.2) is 11.5 Å². The lowest BCUT2D eigenvalue weighted by Gasteiger charge is -2.33. The van der Waals surface area contributed by atoms with E-state index in [0.717, 1.165) is 43.1 Å². The third kappa shape index (κ3) is 2.99. The van der Waals surface area contributed by atoms with E-state index in [0.29, 0.717) is 17.5 Å². The first-order valence-electron chi connectivity index (χ1n) is 7.90. The van der Waals surface area contributed by atoms with Gasteiger partial charge in [0.25, 0.3) is 0 Å². The summed E-state index contributed by atoms with van der Waals surface area (Å²) in [7, 11) is 0. The Balaban J connectivity index is 1.51. The van der Waals surface area contributed by atoms with E-state index in [4.69, 9.17) is 4.52 Å². The van der Waals surface area contributed by atoms with E-state index >= 15 is 0 Å². The average molecular weight is 310 g/mol. The number of hydrogen-bond acceptors (Lipinski definition) is 7. The minimum absolute atomic E-state index is 0.514. The van der Waals surface area contributed by atoms with Crippen molar-refractivity contribution in [1.29, 1.82) is 0 Å². The average Bonchev–Trinajstić information content (AvgIpc) is 2.99. The van der Waals surface area contributed by atoms with Crippen molar-refractivity contribution >= 4 is 17.0 Å². The van der Waals surface area contributed by atoms with E-state index in [1.54, 1.807) is 12.4 Å². The number of rotatable bonds is 3. The molecule has 3 aromatic rings. The number of anilines is 1. The van der Waals surface area contributed by atoms with E-state index in [2.05, 4.69) is 30.0 Å². The number of nitrogens with zero attached hydrogens (tertiary/aromatic N) is 6. The normalized spacial score (nSPS) is 18.5. The standard InChI is InChI=1S/C16H18N6O/c1-11-19-14(21-23-11)9-12-3-2-8-22(10-12)15-5-4-13-16(20-15)18-7-6-17-13/h4-7,12H,2-3,8-10H2,1H3. The summed E-state index contributed by atoms with van der Waals surface area (Å²) in [5.74, 6) is 2.90. The minimum atomic E-state index is 0.514. The zero-order valence-corrected chi connectivity index (χ0v) is 13.0. The zero-order valence-electron chi connectivity index (χ0n) is 13.0. The fraction of sp³-hybridized carbons (Fsp3) is 0.438. The molecule has 0 amide bonds. The second-order valence-electron chi connectivity index (χ2n) is 5.96. The molecule has 0 aromatic carbocycles. The summed E-state index contributed by atoms with van der Waals surface area (Å²) in [5, 5.41) is 4.01. The Hall–Kier alpha value is -2.57. The van der Waals surface area contributed by atoms with Gasteiger partial charge >= 0.3 is 0 Å². The van der Waals surface area contributed by atoms with E-state index in [-0.39, 0.29) is 0 Å². The van der Waals surface area contributed by atoms with Crippen LogP contribution in [-0.2, 0) is 6.42 Å². The van der Waals surface area contributed by atoms with Crippen molar-refractivity contribution in [2.45, 2.75) is 26.2 Å². The molecule has 4 rings (SSSR count). The molecular weight excluding hydrogens is 292 g/mol. The SMILES string of the molecule is Cc1nc(CC2CCCN(c3ccc4nccnc4n3)C2)no1. The first-order valence-corrected chi connectivity index (χ1v) is 7.90. The molecule has 0 aliphatic carbocycles. The maximum atomic E-state index is 5.06. The van der Waals surface area contributed by atoms with Gasteiger partial charge in [0.05, 0.1) is 0 Å². The molecule has 0 N–H and O–H groups in total. The molecule has 23 heavy (non-hydrogen) atoms. The Labute approximate surface area is 133 Å². The molecule has 118 valence electrons. The topological polar surface area (TPSA) is 80.8 Å². The third-order valence-electron chi connectivity index (χ3n) is 4.20. The van der Waals surface area contributed by atoms with Crippen LogP contribution in [0.4, 0.5) is 5.82 Å². The van der Waals surface area contributed by atoms with E-state index in [1.165, 1.54) is 6.42 Å². The monoisotopic (exact) mass is 310 g/mol. The zero-order chi connectivity index (χ0) is 15.6. The number of aromatic nitrogens is 5. The molecule has 0 radical (unpaired) electrons. The van der Waals surface area contributed by atoms with E-state index < -0.39 is 0 Å². The maximum Gasteiger partial charge on any atom is 0.223 e. The maximum absolute atomic E-state index is 5.06. The number of hydrogen-bond donors (Lipinski definition) is 0. The fourth-order valence-electron chi connectivity index (χ4n) is 3.14. The fourth-order valence-corrected chi connectivity index (χ4v) is 3.14. The second kappa shape index (κ2) is 5.91. The van der Waals surface area contributed by atoms with Gasteiger partial charge in [-0.25, -0.2) is 9.97 Å². The molecule has 3 aromatic heterocycles. The Kier molecular flexibility index (Phi) is 3.61. The Bertz CT molecular complexity index is 817. The van der Waals surface area contributed by atoms with E-state index in [1.807, 2.05) is 19.1 Å². The molecule has 1 aliphatic rings. The van der Waals surface area contributed by atoms with Crippen LogP contribution in [0, 0.1) is 12.8 Å². The van der Waals surface area contributed by atoms with Crippen LogP contribution in [0.25, 0.3) is 11.2 Å². The van der Waals surface area contributed by atoms with Crippen LogP contribution in [0.3, 0.4) is 0 Å². The van der Waals surface area contributed by atoms with Gasteiger partial charge in [-0.2, -0.15) is 4.98 Å². The van der Waals surface area contributed by atoms with Crippen LogP contribution >= 0.6 is 0 Å². The van der Waals surface area contributed by atoms with Crippen LogP contribution in [0.15, 0.2) is 29.0 Å². The number of pyridine rings is 1. The van der Waals surface area contributed by atoms with Crippen molar-refractivity contribution in [2.75, 3.05) is 18.0 Å². The van der Waals surface area contributed by atoms with Gasteiger partial charge in [-0.1, -0.05) is 5.16 Å². The van der Waals surface area contributed by atoms with Crippen molar-refractivity contribution in [3.8, 4) is 0 Å². The molecule has 1 saturated heterocycles. The van der Waals surface area contributed by atoms with Crippen LogP contribution in [0.1, 0.15) is 24.6 Å². The molecule has 4 heterocycles. The van der Waals surface area contributed by atoms with Crippen LogP contribution in [0.2, 0.25) is 0 Å². The van der Waals surface area contributed by atoms with Crippen molar-refractivity contribution in [2.24, 2.45) is 5.92 Å².